The van der Waals surface area contributed by atoms with Gasteiger partial charge in [0.2, 0.25) is 5.89 Å². The van der Waals surface area contributed by atoms with E-state index in [1.54, 1.807) is 6.20 Å². The highest BCUT2D eigenvalue weighted by atomic mass is 16.4. The maximum absolute atomic E-state index is 5.55. The molecule has 0 bridgehead atoms. The maximum atomic E-state index is 5.55. The largest absolute Gasteiger partial charge is 0.406 e. The molecule has 0 aliphatic rings. The SMILES string of the molecule is CCCNC(C)c1nnc(NCc2nccn2C)o1. The molecule has 0 spiro atoms. The van der Waals surface area contributed by atoms with E-state index in [-0.39, 0.29) is 6.04 Å². The van der Waals surface area contributed by atoms with Crippen molar-refractivity contribution in [1.29, 1.82) is 0 Å². The highest BCUT2D eigenvalue weighted by molar-refractivity contribution is 5.18. The van der Waals surface area contributed by atoms with Gasteiger partial charge in [-0.1, -0.05) is 12.0 Å². The van der Waals surface area contributed by atoms with Gasteiger partial charge < -0.3 is 19.6 Å². The number of hydrogen-bond donors (Lipinski definition) is 2. The molecule has 2 heterocycles. The van der Waals surface area contributed by atoms with Crippen LogP contribution in [0, 0.1) is 0 Å². The highest BCUT2D eigenvalue weighted by Crippen LogP contribution is 2.14. The van der Waals surface area contributed by atoms with Gasteiger partial charge in [-0.15, -0.1) is 5.10 Å². The number of nitrogens with zero attached hydrogens (tertiary/aromatic N) is 4. The second kappa shape index (κ2) is 6.33. The van der Waals surface area contributed by atoms with Crippen LogP contribution in [0.2, 0.25) is 0 Å². The first-order valence-electron chi connectivity index (χ1n) is 6.47. The minimum Gasteiger partial charge on any atom is -0.406 e. The van der Waals surface area contributed by atoms with Crippen LogP contribution in [0.4, 0.5) is 6.01 Å². The van der Waals surface area contributed by atoms with Crippen molar-refractivity contribution in [2.45, 2.75) is 32.9 Å². The Morgan fingerprint density at radius 2 is 2.26 bits per heavy atom. The molecule has 0 amide bonds. The molecule has 0 fully saturated rings. The molecule has 1 unspecified atom stereocenters. The van der Waals surface area contributed by atoms with Gasteiger partial charge in [-0.25, -0.2) is 4.98 Å². The molecule has 0 aromatic carbocycles. The van der Waals surface area contributed by atoms with E-state index in [0.29, 0.717) is 18.5 Å². The topological polar surface area (TPSA) is 80.8 Å². The standard InChI is InChI=1S/C12H20N6O/c1-4-5-13-9(2)11-16-17-12(19-11)15-8-10-14-6-7-18(10)3/h6-7,9,13H,4-5,8H2,1-3H3,(H,15,17). The van der Waals surface area contributed by atoms with Crippen LogP contribution in [-0.2, 0) is 13.6 Å². The molecular formula is C12H20N6O. The van der Waals surface area contributed by atoms with Gasteiger partial charge in [0.05, 0.1) is 12.6 Å². The zero-order valence-corrected chi connectivity index (χ0v) is 11.6. The fourth-order valence-corrected chi connectivity index (χ4v) is 1.65. The van der Waals surface area contributed by atoms with E-state index in [9.17, 15) is 0 Å². The zero-order chi connectivity index (χ0) is 13.7. The Labute approximate surface area is 112 Å². The van der Waals surface area contributed by atoms with Crippen LogP contribution in [0.25, 0.3) is 0 Å². The van der Waals surface area contributed by atoms with Crippen LogP contribution in [0.5, 0.6) is 0 Å². The molecule has 19 heavy (non-hydrogen) atoms. The average molecular weight is 264 g/mol. The smallest absolute Gasteiger partial charge is 0.315 e. The van der Waals surface area contributed by atoms with Gasteiger partial charge in [-0.3, -0.25) is 0 Å². The molecule has 0 saturated heterocycles. The second-order valence-electron chi connectivity index (χ2n) is 4.43. The minimum absolute atomic E-state index is 0.0659. The summed E-state index contributed by atoms with van der Waals surface area (Å²) in [6.07, 6.45) is 4.72. The van der Waals surface area contributed by atoms with Crippen molar-refractivity contribution in [1.82, 2.24) is 25.1 Å². The predicted molar refractivity (Wildman–Crippen MR) is 71.5 cm³/mol. The van der Waals surface area contributed by atoms with E-state index >= 15 is 0 Å². The van der Waals surface area contributed by atoms with Crippen LogP contribution in [0.15, 0.2) is 16.8 Å². The Bertz CT molecular complexity index is 506. The first kappa shape index (κ1) is 13.5. The number of anilines is 1. The quantitative estimate of drug-likeness (QED) is 0.788. The van der Waals surface area contributed by atoms with Gasteiger partial charge in [0.1, 0.15) is 5.82 Å². The first-order valence-corrected chi connectivity index (χ1v) is 6.47. The molecule has 0 aliphatic heterocycles. The molecule has 0 radical (unpaired) electrons. The molecule has 2 N–H and O–H groups in total. The van der Waals surface area contributed by atoms with Crippen molar-refractivity contribution in [2.75, 3.05) is 11.9 Å². The minimum atomic E-state index is 0.0659. The van der Waals surface area contributed by atoms with Crippen molar-refractivity contribution in [3.63, 3.8) is 0 Å². The summed E-state index contributed by atoms with van der Waals surface area (Å²) in [7, 11) is 1.94. The van der Waals surface area contributed by atoms with Crippen LogP contribution in [-0.4, -0.2) is 26.3 Å². The maximum Gasteiger partial charge on any atom is 0.315 e. The van der Waals surface area contributed by atoms with Crippen LogP contribution >= 0.6 is 0 Å². The van der Waals surface area contributed by atoms with Crippen molar-refractivity contribution in [3.8, 4) is 0 Å². The van der Waals surface area contributed by atoms with Gasteiger partial charge in [-0.05, 0) is 19.9 Å². The molecule has 0 saturated carbocycles. The summed E-state index contributed by atoms with van der Waals surface area (Å²) < 4.78 is 7.49. The molecular weight excluding hydrogens is 244 g/mol. The van der Waals surface area contributed by atoms with Crippen LogP contribution < -0.4 is 10.6 Å². The first-order chi connectivity index (χ1) is 9.20. The predicted octanol–water partition coefficient (Wildman–Crippen LogP) is 1.48. The molecule has 7 heteroatoms. The van der Waals surface area contributed by atoms with E-state index in [2.05, 4.69) is 32.7 Å². The summed E-state index contributed by atoms with van der Waals surface area (Å²) in [6.45, 7) is 5.61. The third kappa shape index (κ3) is 3.54. The summed E-state index contributed by atoms with van der Waals surface area (Å²) in [6, 6.07) is 0.485. The van der Waals surface area contributed by atoms with E-state index in [1.807, 2.05) is 24.7 Å². The number of aromatic nitrogens is 4. The second-order valence-corrected chi connectivity index (χ2v) is 4.43. The number of imidazole rings is 1. The van der Waals surface area contributed by atoms with Gasteiger partial charge in [-0.2, -0.15) is 0 Å². The number of hydrogen-bond acceptors (Lipinski definition) is 6. The van der Waals surface area contributed by atoms with E-state index in [4.69, 9.17) is 4.42 Å². The molecule has 1 atom stereocenters. The monoisotopic (exact) mass is 264 g/mol. The van der Waals surface area contributed by atoms with E-state index in [0.717, 1.165) is 18.8 Å². The lowest BCUT2D eigenvalue weighted by Gasteiger charge is -2.07. The third-order valence-corrected chi connectivity index (χ3v) is 2.83. The van der Waals surface area contributed by atoms with E-state index < -0.39 is 0 Å². The zero-order valence-electron chi connectivity index (χ0n) is 11.6. The van der Waals surface area contributed by atoms with Crippen molar-refractivity contribution >= 4 is 6.01 Å². The van der Waals surface area contributed by atoms with Crippen molar-refractivity contribution in [2.24, 2.45) is 7.05 Å². The van der Waals surface area contributed by atoms with Crippen LogP contribution in [0.1, 0.15) is 38.0 Å². The van der Waals surface area contributed by atoms with E-state index in [1.165, 1.54) is 0 Å². The highest BCUT2D eigenvalue weighted by Gasteiger charge is 2.13. The van der Waals surface area contributed by atoms with Crippen LogP contribution in [0.3, 0.4) is 0 Å². The summed E-state index contributed by atoms with van der Waals surface area (Å²) in [5.41, 5.74) is 0. The number of rotatable bonds is 7. The lowest BCUT2D eigenvalue weighted by molar-refractivity contribution is 0.422. The fourth-order valence-electron chi connectivity index (χ4n) is 1.65. The lowest BCUT2D eigenvalue weighted by atomic mass is 10.3. The van der Waals surface area contributed by atoms with Crippen molar-refractivity contribution in [3.05, 3.63) is 24.1 Å². The Balaban J connectivity index is 1.88. The molecule has 0 aliphatic carbocycles. The average Bonchev–Trinajstić information content (AvgIpc) is 3.02. The number of aryl methyl sites for hydroxylation is 1. The molecule has 7 nitrogen and oxygen atoms in total. The normalized spacial score (nSPS) is 12.6. The summed E-state index contributed by atoms with van der Waals surface area (Å²) >= 11 is 0. The molecule has 2 aromatic heterocycles. The lowest BCUT2D eigenvalue weighted by Crippen LogP contribution is -2.19. The Morgan fingerprint density at radius 3 is 2.95 bits per heavy atom. The summed E-state index contributed by atoms with van der Waals surface area (Å²) in [5, 5.41) is 14.4. The van der Waals surface area contributed by atoms with Gasteiger partial charge in [0.25, 0.3) is 0 Å². The Morgan fingerprint density at radius 1 is 1.42 bits per heavy atom. The molecule has 104 valence electrons. The third-order valence-electron chi connectivity index (χ3n) is 2.83. The summed E-state index contributed by atoms with van der Waals surface area (Å²) in [5.74, 6) is 1.51. The van der Waals surface area contributed by atoms with Gasteiger partial charge in [0.15, 0.2) is 0 Å². The fraction of sp³-hybridized carbons (Fsp3) is 0.583. The Hall–Kier alpha value is -1.89. The number of nitrogens with one attached hydrogen (secondary N) is 2. The molecule has 2 aromatic rings. The molecule has 2 rings (SSSR count). The Kier molecular flexibility index (Phi) is 4.51. The van der Waals surface area contributed by atoms with Crippen molar-refractivity contribution < 1.29 is 4.42 Å². The van der Waals surface area contributed by atoms with Gasteiger partial charge in [0, 0.05) is 19.4 Å². The van der Waals surface area contributed by atoms with Gasteiger partial charge >= 0.3 is 6.01 Å². The summed E-state index contributed by atoms with van der Waals surface area (Å²) in [4.78, 5) is 4.21.